The average Bonchev–Trinajstić information content (AvgIpc) is 2.36. The molecular formula is C15H23NO4S2. The molecule has 0 amide bonds. The van der Waals surface area contributed by atoms with E-state index in [9.17, 15) is 16.8 Å². The summed E-state index contributed by atoms with van der Waals surface area (Å²) in [5, 5.41) is 0. The molecule has 0 N–H and O–H groups in total. The van der Waals surface area contributed by atoms with Gasteiger partial charge in [-0.1, -0.05) is 6.92 Å². The van der Waals surface area contributed by atoms with E-state index in [1.807, 2.05) is 0 Å². The lowest BCUT2D eigenvalue weighted by molar-refractivity contribution is 0.376. The summed E-state index contributed by atoms with van der Waals surface area (Å²) in [5.41, 5.74) is 0.606. The first kappa shape index (κ1) is 17.3. The molecule has 0 aromatic heterocycles. The molecule has 0 bridgehead atoms. The second kappa shape index (κ2) is 5.85. The number of hydrogen-bond acceptors (Lipinski definition) is 5. The maximum absolute atomic E-state index is 12.1. The largest absolute Gasteiger partial charge is 0.368 e. The van der Waals surface area contributed by atoms with Crippen molar-refractivity contribution in [1.29, 1.82) is 0 Å². The highest BCUT2D eigenvalue weighted by atomic mass is 32.2. The average molecular weight is 345 g/mol. The Kier molecular flexibility index (Phi) is 4.59. The highest BCUT2D eigenvalue weighted by molar-refractivity contribution is 7.91. The number of nitrogens with zero attached hydrogens (tertiary/aromatic N) is 1. The minimum atomic E-state index is -3.51. The van der Waals surface area contributed by atoms with Crippen LogP contribution in [-0.4, -0.2) is 41.9 Å². The fourth-order valence-electron chi connectivity index (χ4n) is 3.02. The van der Waals surface area contributed by atoms with Crippen LogP contribution in [0.25, 0.3) is 0 Å². The molecule has 1 aliphatic heterocycles. The number of sulfone groups is 2. The van der Waals surface area contributed by atoms with E-state index in [0.29, 0.717) is 11.6 Å². The predicted molar refractivity (Wildman–Crippen MR) is 87.9 cm³/mol. The molecule has 0 unspecified atom stereocenters. The van der Waals surface area contributed by atoms with E-state index >= 15 is 0 Å². The number of piperidine rings is 1. The number of anilines is 1. The van der Waals surface area contributed by atoms with Gasteiger partial charge in [-0.05, 0) is 43.9 Å². The lowest BCUT2D eigenvalue weighted by atomic mass is 9.93. The van der Waals surface area contributed by atoms with Crippen LogP contribution in [0.15, 0.2) is 28.0 Å². The smallest absolute Gasteiger partial charge is 0.177 e. The van der Waals surface area contributed by atoms with Gasteiger partial charge in [-0.15, -0.1) is 0 Å². The van der Waals surface area contributed by atoms with Crippen LogP contribution in [0.1, 0.15) is 26.7 Å². The zero-order chi connectivity index (χ0) is 16.7. The highest BCUT2D eigenvalue weighted by Crippen LogP contribution is 2.33. The maximum atomic E-state index is 12.1. The van der Waals surface area contributed by atoms with Crippen LogP contribution in [-0.2, 0) is 19.7 Å². The van der Waals surface area contributed by atoms with Gasteiger partial charge in [0, 0.05) is 25.1 Å². The van der Waals surface area contributed by atoms with E-state index in [1.165, 1.54) is 12.1 Å². The molecular weight excluding hydrogens is 322 g/mol. The summed E-state index contributed by atoms with van der Waals surface area (Å²) in [5.74, 6) is 0.614. The topological polar surface area (TPSA) is 71.5 Å². The van der Waals surface area contributed by atoms with Crippen LogP contribution >= 0.6 is 0 Å². The summed E-state index contributed by atoms with van der Waals surface area (Å²) < 4.78 is 47.6. The predicted octanol–water partition coefficient (Wildman–Crippen LogP) is 2.12. The highest BCUT2D eigenvalue weighted by Gasteiger charge is 2.28. The Hall–Kier alpha value is -1.08. The van der Waals surface area contributed by atoms with Crippen molar-refractivity contribution in [1.82, 2.24) is 0 Å². The van der Waals surface area contributed by atoms with Gasteiger partial charge in [-0.25, -0.2) is 16.8 Å². The van der Waals surface area contributed by atoms with E-state index in [-0.39, 0.29) is 15.8 Å². The first-order valence-electron chi connectivity index (χ1n) is 7.31. The molecule has 22 heavy (non-hydrogen) atoms. The normalized spacial score (nSPS) is 23.5. The first-order chi connectivity index (χ1) is 10.00. The van der Waals surface area contributed by atoms with E-state index in [1.54, 1.807) is 6.07 Å². The molecule has 1 heterocycles. The van der Waals surface area contributed by atoms with Crippen LogP contribution in [0.4, 0.5) is 5.69 Å². The van der Waals surface area contributed by atoms with Crippen LogP contribution in [0, 0.1) is 5.92 Å². The molecule has 124 valence electrons. The summed E-state index contributed by atoms with van der Waals surface area (Å²) in [6.45, 7) is 5.05. The minimum Gasteiger partial charge on any atom is -0.368 e. The van der Waals surface area contributed by atoms with E-state index in [0.717, 1.165) is 31.9 Å². The molecule has 1 fully saturated rings. The summed E-state index contributed by atoms with van der Waals surface area (Å²) in [6, 6.07) is 4.63. The Balaban J connectivity index is 2.57. The van der Waals surface area contributed by atoms with Gasteiger partial charge in [0.25, 0.3) is 0 Å². The van der Waals surface area contributed by atoms with Crippen LogP contribution in [0.3, 0.4) is 0 Å². The Morgan fingerprint density at radius 3 is 2.18 bits per heavy atom. The lowest BCUT2D eigenvalue weighted by Crippen LogP contribution is -2.40. The maximum Gasteiger partial charge on any atom is 0.177 e. The zero-order valence-corrected chi connectivity index (χ0v) is 15.0. The minimum absolute atomic E-state index is 0.0368. The third kappa shape index (κ3) is 3.63. The molecule has 7 heteroatoms. The molecule has 1 aromatic carbocycles. The van der Waals surface area contributed by atoms with E-state index in [4.69, 9.17) is 0 Å². The molecule has 0 saturated carbocycles. The summed E-state index contributed by atoms with van der Waals surface area (Å²) in [4.78, 5) is 2.20. The molecule has 1 aliphatic rings. The molecule has 2 atom stereocenters. The van der Waals surface area contributed by atoms with Crippen LogP contribution in [0.5, 0.6) is 0 Å². The van der Waals surface area contributed by atoms with E-state index in [2.05, 4.69) is 18.7 Å². The lowest BCUT2D eigenvalue weighted by Gasteiger charge is -2.39. The third-order valence-corrected chi connectivity index (χ3v) is 6.44. The quantitative estimate of drug-likeness (QED) is 0.839. The van der Waals surface area contributed by atoms with Gasteiger partial charge >= 0.3 is 0 Å². The van der Waals surface area contributed by atoms with Gasteiger partial charge in [-0.3, -0.25) is 0 Å². The van der Waals surface area contributed by atoms with Crippen molar-refractivity contribution in [2.24, 2.45) is 5.92 Å². The second-order valence-electron chi connectivity index (χ2n) is 6.35. The second-order valence-corrected chi connectivity index (χ2v) is 10.3. The third-order valence-electron chi connectivity index (χ3n) is 4.21. The molecule has 0 radical (unpaired) electrons. The Morgan fingerprint density at radius 2 is 1.68 bits per heavy atom. The molecule has 0 spiro atoms. The van der Waals surface area contributed by atoms with Gasteiger partial charge < -0.3 is 4.90 Å². The Labute approximate surface area is 133 Å². The van der Waals surface area contributed by atoms with Crippen molar-refractivity contribution >= 4 is 25.4 Å². The van der Waals surface area contributed by atoms with Gasteiger partial charge in [0.05, 0.1) is 15.5 Å². The zero-order valence-electron chi connectivity index (χ0n) is 13.4. The van der Waals surface area contributed by atoms with Gasteiger partial charge in [0.2, 0.25) is 0 Å². The number of benzene rings is 1. The molecule has 1 aromatic rings. The fraction of sp³-hybridized carbons (Fsp3) is 0.600. The molecule has 5 nitrogen and oxygen atoms in total. The summed E-state index contributed by atoms with van der Waals surface area (Å²) >= 11 is 0. The Bertz CT molecular complexity index is 769. The van der Waals surface area contributed by atoms with Crippen LogP contribution < -0.4 is 4.90 Å². The van der Waals surface area contributed by atoms with Gasteiger partial charge in [0.1, 0.15) is 0 Å². The van der Waals surface area contributed by atoms with Crippen molar-refractivity contribution < 1.29 is 16.8 Å². The Morgan fingerprint density at radius 1 is 1.05 bits per heavy atom. The summed E-state index contributed by atoms with van der Waals surface area (Å²) in [6.07, 6.45) is 4.20. The van der Waals surface area contributed by atoms with Crippen molar-refractivity contribution in [3.63, 3.8) is 0 Å². The molecule has 2 rings (SSSR count). The van der Waals surface area contributed by atoms with Gasteiger partial charge in [-0.2, -0.15) is 0 Å². The molecule has 1 saturated heterocycles. The SMILES string of the molecule is C[C@@H]1CCN(c2ccc(S(C)(=O)=O)cc2S(C)(=O)=O)[C@@H](C)C1. The first-order valence-corrected chi connectivity index (χ1v) is 11.1. The summed E-state index contributed by atoms with van der Waals surface area (Å²) in [7, 11) is -6.95. The van der Waals surface area contributed by atoms with Crippen molar-refractivity contribution in [2.45, 2.75) is 42.5 Å². The van der Waals surface area contributed by atoms with Crippen LogP contribution in [0.2, 0.25) is 0 Å². The molecule has 0 aliphatic carbocycles. The number of hydrogen-bond donors (Lipinski definition) is 0. The van der Waals surface area contributed by atoms with Crippen molar-refractivity contribution in [2.75, 3.05) is 24.0 Å². The van der Waals surface area contributed by atoms with E-state index < -0.39 is 19.7 Å². The number of rotatable bonds is 3. The van der Waals surface area contributed by atoms with Crippen molar-refractivity contribution in [3.8, 4) is 0 Å². The van der Waals surface area contributed by atoms with Crippen molar-refractivity contribution in [3.05, 3.63) is 18.2 Å². The fourth-order valence-corrected chi connectivity index (χ4v) is 4.65. The van der Waals surface area contributed by atoms with Gasteiger partial charge in [0.15, 0.2) is 19.7 Å². The standard InChI is InChI=1S/C15H23NO4S2/c1-11-7-8-16(12(2)9-11)14-6-5-13(21(3,17)18)10-15(14)22(4,19)20/h5-6,10-12H,7-9H2,1-4H3/t11-,12+/m1/s1. The monoisotopic (exact) mass is 345 g/mol.